The fourth-order valence-electron chi connectivity index (χ4n) is 2.28. The molecule has 1 N–H and O–H groups in total. The van der Waals surface area contributed by atoms with Gasteiger partial charge in [-0.25, -0.2) is 0 Å². The number of rotatable bonds is 5. The van der Waals surface area contributed by atoms with Gasteiger partial charge < -0.3 is 10.2 Å². The largest absolute Gasteiger partial charge is 0.326 e. The van der Waals surface area contributed by atoms with Crippen LogP contribution in [0.4, 0.5) is 11.4 Å². The van der Waals surface area contributed by atoms with Crippen LogP contribution >= 0.6 is 11.6 Å². The summed E-state index contributed by atoms with van der Waals surface area (Å²) < 4.78 is 0. The number of hydrogen-bond acceptors (Lipinski definition) is 2. The number of amides is 2. The van der Waals surface area contributed by atoms with Crippen LogP contribution in [0.25, 0.3) is 0 Å². The lowest BCUT2D eigenvalue weighted by Gasteiger charge is -2.22. The van der Waals surface area contributed by atoms with E-state index in [0.717, 1.165) is 11.3 Å². The summed E-state index contributed by atoms with van der Waals surface area (Å²) in [7, 11) is 0. The van der Waals surface area contributed by atoms with Crippen LogP contribution in [0, 0.1) is 6.92 Å². The van der Waals surface area contributed by atoms with Crippen LogP contribution in [-0.2, 0) is 9.59 Å². The molecule has 0 aromatic heterocycles. The highest BCUT2D eigenvalue weighted by atomic mass is 35.5. The van der Waals surface area contributed by atoms with Gasteiger partial charge in [0, 0.05) is 36.3 Å². The highest BCUT2D eigenvalue weighted by molar-refractivity contribution is 6.30. The number of benzene rings is 2. The van der Waals surface area contributed by atoms with Crippen LogP contribution in [0.1, 0.15) is 18.9 Å². The van der Waals surface area contributed by atoms with Gasteiger partial charge >= 0.3 is 0 Å². The van der Waals surface area contributed by atoms with Crippen LogP contribution in [0.3, 0.4) is 0 Å². The monoisotopic (exact) mass is 330 g/mol. The van der Waals surface area contributed by atoms with Crippen molar-refractivity contribution in [2.45, 2.75) is 20.3 Å². The van der Waals surface area contributed by atoms with Crippen molar-refractivity contribution in [3.8, 4) is 0 Å². The standard InChI is InChI=1S/C18H19ClN2O2/c1-13-5-3-4-6-17(13)21(14(2)22)12-11-18(23)20-16-9-7-15(19)8-10-16/h3-10H,11-12H2,1-2H3,(H,20,23). The number of para-hydroxylation sites is 1. The molecule has 0 saturated carbocycles. The van der Waals surface area contributed by atoms with E-state index in [1.54, 1.807) is 29.2 Å². The quantitative estimate of drug-likeness (QED) is 0.899. The van der Waals surface area contributed by atoms with Crippen LogP contribution < -0.4 is 10.2 Å². The third kappa shape index (κ3) is 4.83. The number of carbonyl (C=O) groups excluding carboxylic acids is 2. The summed E-state index contributed by atoms with van der Waals surface area (Å²) in [6.45, 7) is 3.78. The minimum atomic E-state index is -0.146. The predicted molar refractivity (Wildman–Crippen MR) is 93.9 cm³/mol. The maximum absolute atomic E-state index is 12.1. The van der Waals surface area contributed by atoms with E-state index in [1.807, 2.05) is 31.2 Å². The Morgan fingerprint density at radius 1 is 1.09 bits per heavy atom. The number of nitrogens with zero attached hydrogens (tertiary/aromatic N) is 1. The Kier molecular flexibility index (Phi) is 5.77. The molecule has 0 saturated heterocycles. The number of nitrogens with one attached hydrogen (secondary N) is 1. The molecule has 0 aliphatic heterocycles. The van der Waals surface area contributed by atoms with Crippen LogP contribution in [0.15, 0.2) is 48.5 Å². The summed E-state index contributed by atoms with van der Waals surface area (Å²) in [5.74, 6) is -0.231. The van der Waals surface area contributed by atoms with E-state index in [4.69, 9.17) is 11.6 Å². The van der Waals surface area contributed by atoms with E-state index < -0.39 is 0 Å². The zero-order valence-corrected chi connectivity index (χ0v) is 13.9. The molecule has 23 heavy (non-hydrogen) atoms. The molecule has 0 unspecified atom stereocenters. The molecule has 0 aliphatic carbocycles. The fraction of sp³-hybridized carbons (Fsp3) is 0.222. The zero-order chi connectivity index (χ0) is 16.8. The molecule has 0 heterocycles. The summed E-state index contributed by atoms with van der Waals surface area (Å²) in [6, 6.07) is 14.5. The van der Waals surface area contributed by atoms with Gasteiger partial charge in [-0.1, -0.05) is 29.8 Å². The van der Waals surface area contributed by atoms with Gasteiger partial charge in [0.25, 0.3) is 0 Å². The molecule has 0 bridgehead atoms. The first-order valence-electron chi connectivity index (χ1n) is 7.36. The summed E-state index contributed by atoms with van der Waals surface area (Å²) in [4.78, 5) is 25.6. The van der Waals surface area contributed by atoms with Crippen LogP contribution in [-0.4, -0.2) is 18.4 Å². The highest BCUT2D eigenvalue weighted by Gasteiger charge is 2.15. The lowest BCUT2D eigenvalue weighted by molar-refractivity contribution is -0.117. The molecule has 0 atom stereocenters. The second kappa shape index (κ2) is 7.79. The maximum atomic E-state index is 12.1. The molecule has 2 amide bonds. The number of hydrogen-bond donors (Lipinski definition) is 1. The normalized spacial score (nSPS) is 10.2. The Labute approximate surface area is 141 Å². The van der Waals surface area contributed by atoms with Crippen molar-refractivity contribution >= 4 is 34.8 Å². The molecular formula is C18H19ClN2O2. The van der Waals surface area contributed by atoms with E-state index in [9.17, 15) is 9.59 Å². The molecule has 0 radical (unpaired) electrons. The Morgan fingerprint density at radius 3 is 2.35 bits per heavy atom. The van der Waals surface area contributed by atoms with Gasteiger partial charge in [-0.05, 0) is 42.8 Å². The van der Waals surface area contributed by atoms with Crippen molar-refractivity contribution in [1.82, 2.24) is 0 Å². The summed E-state index contributed by atoms with van der Waals surface area (Å²) in [6.07, 6.45) is 0.219. The van der Waals surface area contributed by atoms with Crippen LogP contribution in [0.5, 0.6) is 0 Å². The Hall–Kier alpha value is -2.33. The smallest absolute Gasteiger partial charge is 0.226 e. The van der Waals surface area contributed by atoms with E-state index in [0.29, 0.717) is 17.3 Å². The first-order chi connectivity index (χ1) is 11.0. The van der Waals surface area contributed by atoms with E-state index in [1.165, 1.54) is 6.92 Å². The topological polar surface area (TPSA) is 49.4 Å². The first-order valence-corrected chi connectivity index (χ1v) is 7.74. The molecule has 2 rings (SSSR count). The molecule has 4 nitrogen and oxygen atoms in total. The van der Waals surface area contributed by atoms with Gasteiger partial charge in [-0.3, -0.25) is 9.59 Å². The summed E-state index contributed by atoms with van der Waals surface area (Å²) in [5, 5.41) is 3.41. The first kappa shape index (κ1) is 17.0. The molecule has 0 spiro atoms. The Morgan fingerprint density at radius 2 is 1.74 bits per heavy atom. The number of anilines is 2. The molecule has 120 valence electrons. The molecule has 5 heteroatoms. The third-order valence-electron chi connectivity index (χ3n) is 3.48. The van der Waals surface area contributed by atoms with Gasteiger partial charge in [0.05, 0.1) is 0 Å². The lowest BCUT2D eigenvalue weighted by atomic mass is 10.1. The Balaban J connectivity index is 1.99. The number of carbonyl (C=O) groups is 2. The van der Waals surface area contributed by atoms with Gasteiger partial charge in [-0.15, -0.1) is 0 Å². The van der Waals surface area contributed by atoms with Crippen molar-refractivity contribution in [2.75, 3.05) is 16.8 Å². The predicted octanol–water partition coefficient (Wildman–Crippen LogP) is 4.03. The minimum absolute atomic E-state index is 0.0846. The van der Waals surface area contributed by atoms with E-state index in [2.05, 4.69) is 5.32 Å². The van der Waals surface area contributed by atoms with Crippen molar-refractivity contribution in [3.63, 3.8) is 0 Å². The van der Waals surface area contributed by atoms with E-state index >= 15 is 0 Å². The second-order valence-corrected chi connectivity index (χ2v) is 5.70. The molecule has 0 fully saturated rings. The van der Waals surface area contributed by atoms with Crippen molar-refractivity contribution in [1.29, 1.82) is 0 Å². The summed E-state index contributed by atoms with van der Waals surface area (Å²) >= 11 is 5.81. The lowest BCUT2D eigenvalue weighted by Crippen LogP contribution is -2.32. The highest BCUT2D eigenvalue weighted by Crippen LogP contribution is 2.20. The maximum Gasteiger partial charge on any atom is 0.226 e. The van der Waals surface area contributed by atoms with E-state index in [-0.39, 0.29) is 18.2 Å². The third-order valence-corrected chi connectivity index (χ3v) is 3.73. The van der Waals surface area contributed by atoms with Gasteiger partial charge in [0.15, 0.2) is 0 Å². The molecule has 0 aliphatic rings. The SMILES string of the molecule is CC(=O)N(CCC(=O)Nc1ccc(Cl)cc1)c1ccccc1C. The molecule has 2 aromatic rings. The van der Waals surface area contributed by atoms with Gasteiger partial charge in [-0.2, -0.15) is 0 Å². The minimum Gasteiger partial charge on any atom is -0.326 e. The molecular weight excluding hydrogens is 312 g/mol. The van der Waals surface area contributed by atoms with Crippen molar-refractivity contribution in [2.24, 2.45) is 0 Å². The average Bonchev–Trinajstić information content (AvgIpc) is 2.51. The fourth-order valence-corrected chi connectivity index (χ4v) is 2.41. The van der Waals surface area contributed by atoms with Gasteiger partial charge in [0.1, 0.15) is 0 Å². The zero-order valence-electron chi connectivity index (χ0n) is 13.2. The number of aryl methyl sites for hydroxylation is 1. The van der Waals surface area contributed by atoms with Crippen molar-refractivity contribution in [3.05, 3.63) is 59.1 Å². The number of halogens is 1. The Bertz CT molecular complexity index is 698. The van der Waals surface area contributed by atoms with Crippen molar-refractivity contribution < 1.29 is 9.59 Å². The average molecular weight is 331 g/mol. The summed E-state index contributed by atoms with van der Waals surface area (Å²) in [5.41, 5.74) is 2.52. The van der Waals surface area contributed by atoms with Crippen LogP contribution in [0.2, 0.25) is 5.02 Å². The van der Waals surface area contributed by atoms with Gasteiger partial charge in [0.2, 0.25) is 11.8 Å². The second-order valence-electron chi connectivity index (χ2n) is 5.26. The molecule has 2 aromatic carbocycles.